The van der Waals surface area contributed by atoms with E-state index in [9.17, 15) is 4.79 Å². The number of ether oxygens (including phenoxy) is 1. The molecule has 1 N–H and O–H groups in total. The highest BCUT2D eigenvalue weighted by Gasteiger charge is 2.35. The van der Waals surface area contributed by atoms with Crippen LogP contribution in [-0.2, 0) is 11.2 Å². The highest BCUT2D eigenvalue weighted by Crippen LogP contribution is 2.28. The first-order chi connectivity index (χ1) is 10.8. The van der Waals surface area contributed by atoms with Gasteiger partial charge in [0.1, 0.15) is 12.4 Å². The third-order valence-electron chi connectivity index (χ3n) is 4.05. The van der Waals surface area contributed by atoms with Gasteiger partial charge in [0.05, 0.1) is 6.04 Å². The lowest BCUT2D eigenvalue weighted by molar-refractivity contribution is 0.178. The monoisotopic (exact) mass is 292 g/mol. The Labute approximate surface area is 128 Å². The SMILES string of the molecule is O=C1OC[C@H](Cc2ccccc2)N1c1cc2ccccc2[nH]1. The zero-order chi connectivity index (χ0) is 14.9. The van der Waals surface area contributed by atoms with E-state index < -0.39 is 0 Å². The van der Waals surface area contributed by atoms with Crippen LogP contribution in [0.2, 0.25) is 0 Å². The fraction of sp³-hybridized carbons (Fsp3) is 0.167. The minimum atomic E-state index is -0.285. The Balaban J connectivity index is 1.66. The number of anilines is 1. The van der Waals surface area contributed by atoms with Crippen LogP contribution >= 0.6 is 0 Å². The summed E-state index contributed by atoms with van der Waals surface area (Å²) in [5.74, 6) is 0.796. The number of H-pyrrole nitrogens is 1. The van der Waals surface area contributed by atoms with Crippen LogP contribution in [0.25, 0.3) is 10.9 Å². The second kappa shape index (κ2) is 5.22. The van der Waals surface area contributed by atoms with Crippen LogP contribution in [-0.4, -0.2) is 23.7 Å². The van der Waals surface area contributed by atoms with Gasteiger partial charge in [0, 0.05) is 10.9 Å². The molecule has 1 atom stereocenters. The molecule has 0 spiro atoms. The Morgan fingerprint density at radius 2 is 1.86 bits per heavy atom. The van der Waals surface area contributed by atoms with Crippen LogP contribution in [0.5, 0.6) is 0 Å². The molecule has 1 fully saturated rings. The summed E-state index contributed by atoms with van der Waals surface area (Å²) < 4.78 is 5.27. The Bertz CT molecular complexity index is 777. The van der Waals surface area contributed by atoms with Crippen molar-refractivity contribution in [2.75, 3.05) is 11.5 Å². The Hall–Kier alpha value is -2.75. The molecule has 0 saturated carbocycles. The van der Waals surface area contributed by atoms with E-state index >= 15 is 0 Å². The van der Waals surface area contributed by atoms with E-state index in [-0.39, 0.29) is 12.1 Å². The average Bonchev–Trinajstić information content (AvgIpc) is 3.11. The zero-order valence-electron chi connectivity index (χ0n) is 12.0. The maximum absolute atomic E-state index is 12.1. The molecular formula is C18H16N2O2. The number of hydrogen-bond donors (Lipinski definition) is 1. The summed E-state index contributed by atoms with van der Waals surface area (Å²) >= 11 is 0. The number of fused-ring (bicyclic) bond motifs is 1. The van der Waals surface area contributed by atoms with Gasteiger partial charge in [-0.3, -0.25) is 4.90 Å². The van der Waals surface area contributed by atoms with Gasteiger partial charge in [0.25, 0.3) is 0 Å². The molecule has 3 aromatic rings. The molecule has 1 aliphatic heterocycles. The molecule has 1 aliphatic rings. The van der Waals surface area contributed by atoms with Crippen molar-refractivity contribution in [1.29, 1.82) is 0 Å². The normalized spacial score (nSPS) is 17.9. The van der Waals surface area contributed by atoms with E-state index in [1.165, 1.54) is 5.56 Å². The third-order valence-corrected chi connectivity index (χ3v) is 4.05. The second-order valence-electron chi connectivity index (χ2n) is 5.53. The van der Waals surface area contributed by atoms with Crippen LogP contribution in [0.15, 0.2) is 60.7 Å². The Kier molecular flexibility index (Phi) is 3.07. The maximum atomic E-state index is 12.1. The number of rotatable bonds is 3. The van der Waals surface area contributed by atoms with Crippen molar-refractivity contribution in [2.45, 2.75) is 12.5 Å². The number of aromatic amines is 1. The number of nitrogens with one attached hydrogen (secondary N) is 1. The number of carbonyl (C=O) groups excluding carboxylic acids is 1. The molecule has 1 saturated heterocycles. The lowest BCUT2D eigenvalue weighted by Crippen LogP contribution is -2.35. The van der Waals surface area contributed by atoms with Crippen LogP contribution in [0, 0.1) is 0 Å². The molecule has 0 unspecified atom stereocenters. The maximum Gasteiger partial charge on any atom is 0.415 e. The number of para-hydroxylation sites is 1. The highest BCUT2D eigenvalue weighted by atomic mass is 16.6. The van der Waals surface area contributed by atoms with E-state index in [1.54, 1.807) is 4.90 Å². The molecule has 1 amide bonds. The summed E-state index contributed by atoms with van der Waals surface area (Å²) in [7, 11) is 0. The van der Waals surface area contributed by atoms with Gasteiger partial charge in [-0.1, -0.05) is 48.5 Å². The van der Waals surface area contributed by atoms with Crippen molar-refractivity contribution < 1.29 is 9.53 Å². The molecule has 22 heavy (non-hydrogen) atoms. The number of carbonyl (C=O) groups is 1. The van der Waals surface area contributed by atoms with E-state index in [0.29, 0.717) is 6.61 Å². The number of amides is 1. The standard InChI is InChI=1S/C18H16N2O2/c21-18-20(17-11-14-8-4-5-9-16(14)19-17)15(12-22-18)10-13-6-2-1-3-7-13/h1-9,11,15,19H,10,12H2/t15-/m0/s1. The first-order valence-electron chi connectivity index (χ1n) is 7.39. The fourth-order valence-corrected chi connectivity index (χ4v) is 2.98. The zero-order valence-corrected chi connectivity index (χ0v) is 12.0. The smallest absolute Gasteiger partial charge is 0.415 e. The van der Waals surface area contributed by atoms with Crippen molar-refractivity contribution in [3.05, 3.63) is 66.2 Å². The average molecular weight is 292 g/mol. The van der Waals surface area contributed by atoms with Gasteiger partial charge in [0.2, 0.25) is 0 Å². The predicted molar refractivity (Wildman–Crippen MR) is 86.1 cm³/mol. The van der Waals surface area contributed by atoms with Gasteiger partial charge < -0.3 is 9.72 Å². The van der Waals surface area contributed by atoms with E-state index in [2.05, 4.69) is 17.1 Å². The number of aromatic nitrogens is 1. The fourth-order valence-electron chi connectivity index (χ4n) is 2.98. The molecule has 0 aliphatic carbocycles. The lowest BCUT2D eigenvalue weighted by atomic mass is 10.1. The number of nitrogens with zero attached hydrogens (tertiary/aromatic N) is 1. The number of cyclic esters (lactones) is 1. The van der Waals surface area contributed by atoms with Crippen LogP contribution in [0.4, 0.5) is 10.6 Å². The summed E-state index contributed by atoms with van der Waals surface area (Å²) in [4.78, 5) is 17.2. The summed E-state index contributed by atoms with van der Waals surface area (Å²) in [6.45, 7) is 0.420. The first kappa shape index (κ1) is 13.0. The molecule has 4 heteroatoms. The van der Waals surface area contributed by atoms with Crippen LogP contribution in [0.1, 0.15) is 5.56 Å². The molecule has 1 aromatic heterocycles. The molecule has 4 nitrogen and oxygen atoms in total. The first-order valence-corrected chi connectivity index (χ1v) is 7.39. The minimum Gasteiger partial charge on any atom is -0.447 e. The van der Waals surface area contributed by atoms with Gasteiger partial charge in [-0.15, -0.1) is 0 Å². The van der Waals surface area contributed by atoms with Crippen LogP contribution in [0.3, 0.4) is 0 Å². The quantitative estimate of drug-likeness (QED) is 0.799. The molecule has 2 heterocycles. The molecule has 2 aromatic carbocycles. The Morgan fingerprint density at radius 1 is 1.09 bits per heavy atom. The van der Waals surface area contributed by atoms with Gasteiger partial charge in [0.15, 0.2) is 0 Å². The Morgan fingerprint density at radius 3 is 2.68 bits per heavy atom. The molecular weight excluding hydrogens is 276 g/mol. The summed E-state index contributed by atoms with van der Waals surface area (Å²) in [5.41, 5.74) is 2.22. The summed E-state index contributed by atoms with van der Waals surface area (Å²) in [6, 6.07) is 20.2. The van der Waals surface area contributed by atoms with E-state index in [4.69, 9.17) is 4.74 Å². The van der Waals surface area contributed by atoms with Crippen LogP contribution < -0.4 is 4.90 Å². The number of hydrogen-bond acceptors (Lipinski definition) is 2. The van der Waals surface area contributed by atoms with Gasteiger partial charge in [-0.05, 0) is 24.1 Å². The lowest BCUT2D eigenvalue weighted by Gasteiger charge is -2.19. The van der Waals surface area contributed by atoms with Crippen molar-refractivity contribution in [2.24, 2.45) is 0 Å². The summed E-state index contributed by atoms with van der Waals surface area (Å²) in [5, 5.41) is 1.09. The topological polar surface area (TPSA) is 45.3 Å². The van der Waals surface area contributed by atoms with E-state index in [0.717, 1.165) is 23.1 Å². The molecule has 4 rings (SSSR count). The van der Waals surface area contributed by atoms with Crippen molar-refractivity contribution in [3.63, 3.8) is 0 Å². The van der Waals surface area contributed by atoms with Crippen molar-refractivity contribution >= 4 is 22.8 Å². The number of benzene rings is 2. The van der Waals surface area contributed by atoms with Gasteiger partial charge >= 0.3 is 6.09 Å². The summed E-state index contributed by atoms with van der Waals surface area (Å²) in [6.07, 6.45) is 0.495. The molecule has 0 radical (unpaired) electrons. The molecule has 0 bridgehead atoms. The molecule has 110 valence electrons. The largest absolute Gasteiger partial charge is 0.447 e. The highest BCUT2D eigenvalue weighted by molar-refractivity contribution is 5.94. The second-order valence-corrected chi connectivity index (χ2v) is 5.53. The predicted octanol–water partition coefficient (Wildman–Crippen LogP) is 3.74. The van der Waals surface area contributed by atoms with Gasteiger partial charge in [-0.2, -0.15) is 0 Å². The van der Waals surface area contributed by atoms with Crippen molar-refractivity contribution in [3.8, 4) is 0 Å². The van der Waals surface area contributed by atoms with E-state index in [1.807, 2.05) is 48.5 Å². The van der Waals surface area contributed by atoms with Crippen molar-refractivity contribution in [1.82, 2.24) is 4.98 Å². The van der Waals surface area contributed by atoms with Gasteiger partial charge in [-0.25, -0.2) is 4.79 Å². The third kappa shape index (κ3) is 2.22. The minimum absolute atomic E-state index is 0.0166.